The van der Waals surface area contributed by atoms with Crippen LogP contribution in [0.1, 0.15) is 41.3 Å². The van der Waals surface area contributed by atoms with E-state index in [0.29, 0.717) is 18.1 Å². The molecule has 1 aromatic carbocycles. The zero-order chi connectivity index (χ0) is 21.1. The van der Waals surface area contributed by atoms with Crippen molar-refractivity contribution in [2.24, 2.45) is 0 Å². The summed E-state index contributed by atoms with van der Waals surface area (Å²) in [5, 5.41) is 6.90. The number of amides is 1. The zero-order valence-corrected chi connectivity index (χ0v) is 17.8. The maximum Gasteiger partial charge on any atom is 0.226 e. The lowest BCUT2D eigenvalue weighted by Gasteiger charge is -2.25. The molecule has 154 valence electrons. The molecule has 0 spiro atoms. The van der Waals surface area contributed by atoms with Gasteiger partial charge in [-0.2, -0.15) is 0 Å². The Morgan fingerprint density at radius 1 is 1.17 bits per heavy atom. The molecule has 1 saturated heterocycles. The van der Waals surface area contributed by atoms with Gasteiger partial charge in [0.05, 0.1) is 11.7 Å². The fraction of sp³-hybridized carbons (Fsp3) is 0.261. The first-order valence-electron chi connectivity index (χ1n) is 9.92. The summed E-state index contributed by atoms with van der Waals surface area (Å²) < 4.78 is 5.94. The molecule has 3 aromatic rings. The van der Waals surface area contributed by atoms with Crippen LogP contribution in [0.4, 0.5) is 5.69 Å². The van der Waals surface area contributed by atoms with Gasteiger partial charge < -0.3 is 20.0 Å². The molecule has 0 bridgehead atoms. The number of aryl methyl sites for hydroxylation is 2. The molecule has 2 atom stereocenters. The van der Waals surface area contributed by atoms with Crippen molar-refractivity contribution in [2.75, 3.05) is 11.9 Å². The van der Waals surface area contributed by atoms with Gasteiger partial charge in [0.25, 0.3) is 0 Å². The second kappa shape index (κ2) is 8.67. The lowest BCUT2D eigenvalue weighted by atomic mass is 10.0. The molecule has 2 N–H and O–H groups in total. The topological polar surface area (TPSA) is 70.4 Å². The molecule has 2 aromatic heterocycles. The Morgan fingerprint density at radius 2 is 1.97 bits per heavy atom. The van der Waals surface area contributed by atoms with E-state index < -0.39 is 0 Å². The predicted molar refractivity (Wildman–Crippen MR) is 120 cm³/mol. The summed E-state index contributed by atoms with van der Waals surface area (Å²) in [6, 6.07) is 17.1. The molecule has 0 aliphatic carbocycles. The standard InChI is InChI=1S/C23H24N4O2S/c1-15-6-9-17(10-7-15)25-20(28)12-14-27-22(19-11-8-16(2)29-19)21(26-23(27)30)18-5-3-4-13-24-18/h3-11,13,21-22H,12,14H2,1-2H3,(H,25,28)(H,26,30). The van der Waals surface area contributed by atoms with Gasteiger partial charge in [-0.25, -0.2) is 0 Å². The van der Waals surface area contributed by atoms with Gasteiger partial charge in [0.1, 0.15) is 17.6 Å². The van der Waals surface area contributed by atoms with Crippen molar-refractivity contribution in [1.82, 2.24) is 15.2 Å². The number of anilines is 1. The van der Waals surface area contributed by atoms with Gasteiger partial charge in [-0.15, -0.1) is 0 Å². The second-order valence-electron chi connectivity index (χ2n) is 7.43. The highest BCUT2D eigenvalue weighted by Gasteiger charge is 2.41. The van der Waals surface area contributed by atoms with Crippen LogP contribution in [0.15, 0.2) is 65.2 Å². The van der Waals surface area contributed by atoms with Crippen molar-refractivity contribution < 1.29 is 9.21 Å². The summed E-state index contributed by atoms with van der Waals surface area (Å²) in [6.07, 6.45) is 2.07. The minimum atomic E-state index is -0.173. The van der Waals surface area contributed by atoms with Crippen LogP contribution in [0.3, 0.4) is 0 Å². The van der Waals surface area contributed by atoms with E-state index in [2.05, 4.69) is 15.6 Å². The van der Waals surface area contributed by atoms with Gasteiger partial charge in [-0.05, 0) is 62.5 Å². The van der Waals surface area contributed by atoms with Gasteiger partial charge in [-0.3, -0.25) is 9.78 Å². The van der Waals surface area contributed by atoms with E-state index in [1.807, 2.05) is 73.3 Å². The number of hydrogen-bond acceptors (Lipinski definition) is 4. The van der Waals surface area contributed by atoms with Gasteiger partial charge >= 0.3 is 0 Å². The van der Waals surface area contributed by atoms with E-state index in [9.17, 15) is 4.79 Å². The Hall–Kier alpha value is -3.19. The summed E-state index contributed by atoms with van der Waals surface area (Å²) in [5.74, 6) is 1.58. The molecule has 6 nitrogen and oxygen atoms in total. The van der Waals surface area contributed by atoms with Crippen LogP contribution in [0.5, 0.6) is 0 Å². The van der Waals surface area contributed by atoms with Crippen LogP contribution in [0.2, 0.25) is 0 Å². The Balaban J connectivity index is 1.51. The molecule has 4 rings (SSSR count). The number of carbonyl (C=O) groups excluding carboxylic acids is 1. The summed E-state index contributed by atoms with van der Waals surface area (Å²) in [7, 11) is 0. The number of rotatable bonds is 6. The minimum Gasteiger partial charge on any atom is -0.464 e. The fourth-order valence-electron chi connectivity index (χ4n) is 3.65. The molecule has 2 unspecified atom stereocenters. The lowest BCUT2D eigenvalue weighted by molar-refractivity contribution is -0.116. The second-order valence-corrected chi connectivity index (χ2v) is 7.82. The van der Waals surface area contributed by atoms with Crippen LogP contribution in [-0.4, -0.2) is 27.4 Å². The Labute approximate surface area is 181 Å². The SMILES string of the molecule is Cc1ccc(NC(=O)CCN2C(=S)NC(c3ccccn3)C2c2ccc(C)o2)cc1. The van der Waals surface area contributed by atoms with E-state index in [1.165, 1.54) is 0 Å². The number of carbonyl (C=O) groups is 1. The monoisotopic (exact) mass is 420 g/mol. The maximum atomic E-state index is 12.5. The molecule has 7 heteroatoms. The number of nitrogens with zero attached hydrogens (tertiary/aromatic N) is 2. The van der Waals surface area contributed by atoms with E-state index >= 15 is 0 Å². The van der Waals surface area contributed by atoms with E-state index in [4.69, 9.17) is 16.6 Å². The summed E-state index contributed by atoms with van der Waals surface area (Å²) in [4.78, 5) is 19.0. The number of nitrogens with one attached hydrogen (secondary N) is 2. The molecular weight excluding hydrogens is 396 g/mol. The van der Waals surface area contributed by atoms with Gasteiger partial charge in [-0.1, -0.05) is 23.8 Å². The molecule has 30 heavy (non-hydrogen) atoms. The van der Waals surface area contributed by atoms with Crippen molar-refractivity contribution in [2.45, 2.75) is 32.4 Å². The minimum absolute atomic E-state index is 0.0580. The summed E-state index contributed by atoms with van der Waals surface area (Å²) >= 11 is 5.61. The Kier molecular flexibility index (Phi) is 5.81. The summed E-state index contributed by atoms with van der Waals surface area (Å²) in [6.45, 7) is 4.40. The van der Waals surface area contributed by atoms with E-state index in [-0.39, 0.29) is 18.0 Å². The van der Waals surface area contributed by atoms with Gasteiger partial charge in [0.15, 0.2) is 5.11 Å². The third-order valence-electron chi connectivity index (χ3n) is 5.17. The van der Waals surface area contributed by atoms with Crippen LogP contribution < -0.4 is 10.6 Å². The smallest absolute Gasteiger partial charge is 0.226 e. The number of aromatic nitrogens is 1. The van der Waals surface area contributed by atoms with Gasteiger partial charge in [0, 0.05) is 24.8 Å². The Bertz CT molecular complexity index is 1030. The number of hydrogen-bond donors (Lipinski definition) is 2. The van der Waals surface area contributed by atoms with Crippen molar-refractivity contribution in [3.63, 3.8) is 0 Å². The number of benzene rings is 1. The van der Waals surface area contributed by atoms with Gasteiger partial charge in [0.2, 0.25) is 5.91 Å². The summed E-state index contributed by atoms with van der Waals surface area (Å²) in [5.41, 5.74) is 2.82. The molecule has 0 saturated carbocycles. The zero-order valence-electron chi connectivity index (χ0n) is 17.0. The van der Waals surface area contributed by atoms with E-state index in [1.54, 1.807) is 6.20 Å². The first kappa shape index (κ1) is 20.1. The molecular formula is C23H24N4O2S. The van der Waals surface area contributed by atoms with Crippen LogP contribution in [-0.2, 0) is 4.79 Å². The van der Waals surface area contributed by atoms with E-state index in [0.717, 1.165) is 28.5 Å². The number of furan rings is 1. The van der Waals surface area contributed by atoms with Crippen LogP contribution >= 0.6 is 12.2 Å². The van der Waals surface area contributed by atoms with Crippen molar-refractivity contribution in [3.05, 3.63) is 83.6 Å². The molecule has 1 aliphatic rings. The number of thiocarbonyl (C=S) groups is 1. The normalized spacial score (nSPS) is 18.3. The molecule has 3 heterocycles. The average Bonchev–Trinajstić information content (AvgIpc) is 3.31. The first-order chi connectivity index (χ1) is 14.5. The third kappa shape index (κ3) is 4.36. The highest BCUT2D eigenvalue weighted by molar-refractivity contribution is 7.80. The molecule has 1 amide bonds. The lowest BCUT2D eigenvalue weighted by Crippen LogP contribution is -2.32. The largest absolute Gasteiger partial charge is 0.464 e. The molecule has 1 aliphatic heterocycles. The maximum absolute atomic E-state index is 12.5. The van der Waals surface area contributed by atoms with Crippen molar-refractivity contribution in [1.29, 1.82) is 0 Å². The van der Waals surface area contributed by atoms with Crippen LogP contribution in [0, 0.1) is 13.8 Å². The fourth-order valence-corrected chi connectivity index (χ4v) is 3.98. The first-order valence-corrected chi connectivity index (χ1v) is 10.3. The Morgan fingerprint density at radius 3 is 2.63 bits per heavy atom. The number of pyridine rings is 1. The highest BCUT2D eigenvalue weighted by Crippen LogP contribution is 2.39. The average molecular weight is 421 g/mol. The van der Waals surface area contributed by atoms with Crippen LogP contribution in [0.25, 0.3) is 0 Å². The van der Waals surface area contributed by atoms with Crippen molar-refractivity contribution in [3.8, 4) is 0 Å². The molecule has 0 radical (unpaired) electrons. The third-order valence-corrected chi connectivity index (χ3v) is 5.52. The predicted octanol–water partition coefficient (Wildman–Crippen LogP) is 4.29. The quantitative estimate of drug-likeness (QED) is 0.580. The molecule has 1 fully saturated rings. The van der Waals surface area contributed by atoms with Crippen molar-refractivity contribution >= 4 is 28.9 Å². The highest BCUT2D eigenvalue weighted by atomic mass is 32.1.